The van der Waals surface area contributed by atoms with Crippen molar-refractivity contribution in [1.29, 1.82) is 0 Å². The number of esters is 1. The van der Waals surface area contributed by atoms with Gasteiger partial charge in [0.15, 0.2) is 0 Å². The molecule has 0 saturated heterocycles. The van der Waals surface area contributed by atoms with Gasteiger partial charge in [0.2, 0.25) is 0 Å². The van der Waals surface area contributed by atoms with Crippen LogP contribution in [-0.4, -0.2) is 35.9 Å². The smallest absolute Gasteiger partial charge is 0.354 e. The summed E-state index contributed by atoms with van der Waals surface area (Å²) >= 11 is 0. The number of hydrogen-bond acceptors (Lipinski definition) is 5. The predicted molar refractivity (Wildman–Crippen MR) is 70.8 cm³/mol. The second kappa shape index (κ2) is 6.92. The van der Waals surface area contributed by atoms with Gasteiger partial charge in [0.25, 0.3) is 0 Å². The van der Waals surface area contributed by atoms with Gasteiger partial charge in [0, 0.05) is 11.3 Å². The first kappa shape index (κ1) is 15.2. The third kappa shape index (κ3) is 4.39. The normalized spacial score (nSPS) is 24.1. The van der Waals surface area contributed by atoms with Gasteiger partial charge in [0.05, 0.1) is 6.61 Å². The van der Waals surface area contributed by atoms with E-state index in [-0.39, 0.29) is 18.8 Å². The summed E-state index contributed by atoms with van der Waals surface area (Å²) in [6, 6.07) is 0. The second-order valence-corrected chi connectivity index (χ2v) is 4.62. The van der Waals surface area contributed by atoms with Crippen LogP contribution in [0.5, 0.6) is 0 Å². The van der Waals surface area contributed by atoms with Gasteiger partial charge < -0.3 is 15.6 Å². The van der Waals surface area contributed by atoms with Crippen molar-refractivity contribution in [1.82, 2.24) is 0 Å². The minimum Gasteiger partial charge on any atom is -0.480 e. The van der Waals surface area contributed by atoms with Crippen LogP contribution >= 0.6 is 0 Å². The number of rotatable bonds is 4. The van der Waals surface area contributed by atoms with Gasteiger partial charge in [-0.15, -0.1) is 0 Å². The van der Waals surface area contributed by atoms with E-state index in [0.717, 1.165) is 6.42 Å². The molecule has 1 aliphatic carbocycles. The molecule has 6 nitrogen and oxygen atoms in total. The van der Waals surface area contributed by atoms with Crippen LogP contribution in [0.15, 0.2) is 16.3 Å². The molecule has 6 heteroatoms. The molecule has 1 saturated carbocycles. The fourth-order valence-electron chi connectivity index (χ4n) is 2.04. The van der Waals surface area contributed by atoms with E-state index in [2.05, 4.69) is 11.9 Å². The van der Waals surface area contributed by atoms with Crippen molar-refractivity contribution in [3.05, 3.63) is 11.3 Å². The van der Waals surface area contributed by atoms with E-state index < -0.39 is 11.9 Å². The van der Waals surface area contributed by atoms with Gasteiger partial charge in [-0.2, -0.15) is 0 Å². The Morgan fingerprint density at radius 1 is 1.53 bits per heavy atom. The molecular weight excluding hydrogens is 248 g/mol. The minimum atomic E-state index is -1.000. The van der Waals surface area contributed by atoms with Crippen molar-refractivity contribution in [2.75, 3.05) is 13.2 Å². The Kier molecular flexibility index (Phi) is 5.54. The fraction of sp³-hybridized carbons (Fsp3) is 0.615. The number of carboxylic acids is 1. The lowest BCUT2D eigenvalue weighted by molar-refractivity contribution is -0.138. The zero-order valence-electron chi connectivity index (χ0n) is 11.3. The molecule has 3 N–H and O–H groups in total. The maximum atomic E-state index is 11.7. The van der Waals surface area contributed by atoms with Crippen molar-refractivity contribution in [2.24, 2.45) is 16.6 Å². The van der Waals surface area contributed by atoms with E-state index >= 15 is 0 Å². The predicted octanol–water partition coefficient (Wildman–Crippen LogP) is 1.11. The first-order valence-corrected chi connectivity index (χ1v) is 6.36. The number of carboxylic acid groups (broad SMARTS) is 1. The van der Waals surface area contributed by atoms with Crippen LogP contribution in [0.25, 0.3) is 0 Å². The summed E-state index contributed by atoms with van der Waals surface area (Å²) in [5, 5.41) is 8.67. The quantitative estimate of drug-likeness (QED) is 0.587. The van der Waals surface area contributed by atoms with E-state index in [1.807, 2.05) is 0 Å². The minimum absolute atomic E-state index is 0.0533. The highest BCUT2D eigenvalue weighted by Gasteiger charge is 2.24. The Hall–Kier alpha value is -1.85. The molecular formula is C13H20N2O4. The first-order valence-electron chi connectivity index (χ1n) is 6.36. The van der Waals surface area contributed by atoms with Crippen LogP contribution in [0.1, 0.15) is 33.1 Å². The Labute approximate surface area is 112 Å². The summed E-state index contributed by atoms with van der Waals surface area (Å²) in [4.78, 5) is 26.3. The van der Waals surface area contributed by atoms with Gasteiger partial charge in [-0.25, -0.2) is 4.79 Å². The Bertz CT molecular complexity index is 426. The van der Waals surface area contributed by atoms with E-state index in [9.17, 15) is 9.59 Å². The van der Waals surface area contributed by atoms with Crippen LogP contribution in [0, 0.1) is 5.92 Å². The van der Waals surface area contributed by atoms with Gasteiger partial charge in [-0.05, 0) is 32.1 Å². The molecule has 0 aromatic carbocycles. The second-order valence-electron chi connectivity index (χ2n) is 4.62. The largest absolute Gasteiger partial charge is 0.480 e. The number of nitrogens with zero attached hydrogens (tertiary/aromatic N) is 1. The van der Waals surface area contributed by atoms with Gasteiger partial charge in [-0.3, -0.25) is 9.79 Å². The summed E-state index contributed by atoms with van der Waals surface area (Å²) < 4.78 is 4.87. The van der Waals surface area contributed by atoms with Gasteiger partial charge in [0.1, 0.15) is 12.2 Å². The number of carbonyl (C=O) groups excluding carboxylic acids is 1. The molecule has 106 valence electrons. The number of nitrogens with two attached hydrogens (primary N) is 1. The molecule has 0 aromatic heterocycles. The molecule has 1 fully saturated rings. The molecule has 0 heterocycles. The van der Waals surface area contributed by atoms with Crippen molar-refractivity contribution >= 4 is 17.7 Å². The Morgan fingerprint density at radius 3 is 2.79 bits per heavy atom. The summed E-state index contributed by atoms with van der Waals surface area (Å²) in [6.45, 7) is 3.72. The topological polar surface area (TPSA) is 102 Å². The molecule has 0 bridgehead atoms. The van der Waals surface area contributed by atoms with Crippen LogP contribution in [-0.2, 0) is 14.3 Å². The lowest BCUT2D eigenvalue weighted by Gasteiger charge is -2.23. The van der Waals surface area contributed by atoms with Crippen LogP contribution in [0.2, 0.25) is 0 Å². The van der Waals surface area contributed by atoms with E-state index in [4.69, 9.17) is 15.6 Å². The van der Waals surface area contributed by atoms with Gasteiger partial charge in [-0.1, -0.05) is 6.92 Å². The first-order chi connectivity index (χ1) is 8.95. The van der Waals surface area contributed by atoms with Crippen LogP contribution in [0.3, 0.4) is 0 Å². The highest BCUT2D eigenvalue weighted by molar-refractivity contribution is 6.07. The van der Waals surface area contributed by atoms with Crippen molar-refractivity contribution in [3.63, 3.8) is 0 Å². The van der Waals surface area contributed by atoms with E-state index in [1.165, 1.54) is 0 Å². The lowest BCUT2D eigenvalue weighted by Crippen LogP contribution is -2.25. The van der Waals surface area contributed by atoms with Crippen molar-refractivity contribution in [3.8, 4) is 0 Å². The lowest BCUT2D eigenvalue weighted by atomic mass is 9.84. The number of aliphatic carboxylic acids is 1. The van der Waals surface area contributed by atoms with Crippen LogP contribution in [0.4, 0.5) is 0 Å². The summed E-state index contributed by atoms with van der Waals surface area (Å²) in [5.41, 5.74) is 7.12. The average molecular weight is 268 g/mol. The summed E-state index contributed by atoms with van der Waals surface area (Å²) in [6.07, 6.45) is 2.19. The van der Waals surface area contributed by atoms with Crippen LogP contribution < -0.4 is 5.73 Å². The molecule has 1 aliphatic rings. The number of hydrogen-bond donors (Lipinski definition) is 2. The molecule has 0 aliphatic heterocycles. The molecule has 19 heavy (non-hydrogen) atoms. The van der Waals surface area contributed by atoms with E-state index in [0.29, 0.717) is 30.0 Å². The standard InChI is InChI=1S/C13H20N2O4/c1-3-19-13(18)12(14)9-6-8(2)4-5-10(9)15-7-11(16)17/h8H,3-7,14H2,1-2H3,(H,16,17)/b12-9-,15-10?. The zero-order valence-corrected chi connectivity index (χ0v) is 11.3. The molecule has 0 spiro atoms. The average Bonchev–Trinajstić information content (AvgIpc) is 2.36. The van der Waals surface area contributed by atoms with Crippen molar-refractivity contribution in [2.45, 2.75) is 33.1 Å². The van der Waals surface area contributed by atoms with Gasteiger partial charge >= 0.3 is 11.9 Å². The molecule has 1 atom stereocenters. The number of aliphatic imine (C=N–C) groups is 1. The van der Waals surface area contributed by atoms with Crippen molar-refractivity contribution < 1.29 is 19.4 Å². The number of allylic oxidation sites excluding steroid dienone is 1. The maximum Gasteiger partial charge on any atom is 0.354 e. The number of ether oxygens (including phenoxy) is 1. The van der Waals surface area contributed by atoms with E-state index in [1.54, 1.807) is 6.92 Å². The fourth-order valence-corrected chi connectivity index (χ4v) is 2.04. The molecule has 0 aromatic rings. The highest BCUT2D eigenvalue weighted by atomic mass is 16.5. The molecule has 1 unspecified atom stereocenters. The monoisotopic (exact) mass is 268 g/mol. The number of carbonyl (C=O) groups is 2. The maximum absolute atomic E-state index is 11.7. The Balaban J connectivity index is 3.01. The third-order valence-corrected chi connectivity index (χ3v) is 3.00. The molecule has 0 radical (unpaired) electrons. The summed E-state index contributed by atoms with van der Waals surface area (Å²) in [7, 11) is 0. The highest BCUT2D eigenvalue weighted by Crippen LogP contribution is 2.28. The summed E-state index contributed by atoms with van der Waals surface area (Å²) in [5.74, 6) is -1.17. The zero-order chi connectivity index (χ0) is 14.4. The Morgan fingerprint density at radius 2 is 2.21 bits per heavy atom. The molecule has 0 amide bonds. The SMILES string of the molecule is CCOC(=O)/C(N)=C1\CC(C)CCC1=NCC(=O)O. The third-order valence-electron chi connectivity index (χ3n) is 3.00. The molecule has 1 rings (SSSR count).